The number of benzene rings is 2. The highest BCUT2D eigenvalue weighted by Crippen LogP contribution is 2.30. The van der Waals surface area contributed by atoms with Gasteiger partial charge in [0.1, 0.15) is 16.2 Å². The molecular weight excluding hydrogens is 438 g/mol. The summed E-state index contributed by atoms with van der Waals surface area (Å²) in [6, 6.07) is 10.7. The third-order valence-corrected chi connectivity index (χ3v) is 5.69. The topological polar surface area (TPSA) is 94.8 Å². The van der Waals surface area contributed by atoms with E-state index in [9.17, 15) is 13.2 Å². The van der Waals surface area contributed by atoms with Crippen LogP contribution in [0.3, 0.4) is 0 Å². The van der Waals surface area contributed by atoms with Crippen molar-refractivity contribution in [3.05, 3.63) is 62.9 Å². The van der Waals surface area contributed by atoms with Crippen LogP contribution in [0.5, 0.6) is 5.75 Å². The van der Waals surface area contributed by atoms with Crippen LogP contribution in [0.25, 0.3) is 11.0 Å². The monoisotopic (exact) mass is 453 g/mol. The summed E-state index contributed by atoms with van der Waals surface area (Å²) in [6.45, 7) is 0.239. The Kier molecular flexibility index (Phi) is 5.54. The molecule has 1 aromatic heterocycles. The largest absolute Gasteiger partial charge is 0.495 e. The van der Waals surface area contributed by atoms with Crippen LogP contribution in [0.1, 0.15) is 5.56 Å². The zero-order valence-electron chi connectivity index (χ0n) is 14.5. The Hall–Kier alpha value is -2.36. The Morgan fingerprint density at radius 3 is 2.59 bits per heavy atom. The molecule has 1 N–H and O–H groups in total. The molecule has 0 saturated heterocycles. The van der Waals surface area contributed by atoms with E-state index in [4.69, 9.17) is 13.9 Å². The summed E-state index contributed by atoms with van der Waals surface area (Å²) < 4.78 is 44.1. The Morgan fingerprint density at radius 2 is 1.89 bits per heavy atom. The first-order valence-corrected chi connectivity index (χ1v) is 10.0. The van der Waals surface area contributed by atoms with Gasteiger partial charge in [-0.2, -0.15) is 0 Å². The van der Waals surface area contributed by atoms with Gasteiger partial charge in [0, 0.05) is 29.1 Å². The van der Waals surface area contributed by atoms with E-state index < -0.39 is 15.6 Å². The van der Waals surface area contributed by atoms with E-state index in [1.165, 1.54) is 32.4 Å². The number of sulfonamides is 1. The molecule has 0 amide bonds. The van der Waals surface area contributed by atoms with Crippen LogP contribution >= 0.6 is 15.9 Å². The molecule has 27 heavy (non-hydrogen) atoms. The van der Waals surface area contributed by atoms with Crippen LogP contribution in [-0.2, 0) is 21.4 Å². The molecule has 142 valence electrons. The molecule has 0 radical (unpaired) electrons. The van der Waals surface area contributed by atoms with Crippen LogP contribution in [0.15, 0.2) is 61.0 Å². The van der Waals surface area contributed by atoms with Gasteiger partial charge in [0.2, 0.25) is 0 Å². The summed E-state index contributed by atoms with van der Waals surface area (Å²) in [7, 11) is -1.01. The molecule has 9 heteroatoms. The van der Waals surface area contributed by atoms with Gasteiger partial charge in [-0.3, -0.25) is 4.72 Å². The van der Waals surface area contributed by atoms with Gasteiger partial charge in [0.25, 0.3) is 10.0 Å². The average Bonchev–Trinajstić information content (AvgIpc) is 2.61. The number of halogens is 1. The zero-order valence-corrected chi connectivity index (χ0v) is 16.9. The van der Waals surface area contributed by atoms with Gasteiger partial charge in [-0.15, -0.1) is 0 Å². The molecule has 3 rings (SSSR count). The van der Waals surface area contributed by atoms with Crippen molar-refractivity contribution in [2.75, 3.05) is 18.9 Å². The van der Waals surface area contributed by atoms with Gasteiger partial charge in [-0.25, -0.2) is 13.2 Å². The summed E-state index contributed by atoms with van der Waals surface area (Å²) in [5, 5.41) is 0.666. The summed E-state index contributed by atoms with van der Waals surface area (Å²) in [5.41, 5.74) is 0.633. The first kappa shape index (κ1) is 19.4. The lowest BCUT2D eigenvalue weighted by Gasteiger charge is -2.12. The molecule has 0 aliphatic heterocycles. The van der Waals surface area contributed by atoms with Crippen LogP contribution < -0.4 is 15.1 Å². The van der Waals surface area contributed by atoms with Crippen LogP contribution in [0.4, 0.5) is 5.69 Å². The van der Waals surface area contributed by atoms with Gasteiger partial charge >= 0.3 is 5.63 Å². The van der Waals surface area contributed by atoms with Crippen molar-refractivity contribution in [1.82, 2.24) is 0 Å². The van der Waals surface area contributed by atoms with Crippen molar-refractivity contribution in [3.8, 4) is 5.75 Å². The third-order valence-electron chi connectivity index (χ3n) is 3.80. The molecule has 0 unspecified atom stereocenters. The predicted molar refractivity (Wildman–Crippen MR) is 105 cm³/mol. The zero-order chi connectivity index (χ0) is 19.6. The molecule has 2 aromatic carbocycles. The summed E-state index contributed by atoms with van der Waals surface area (Å²) in [4.78, 5) is 11.7. The first-order chi connectivity index (χ1) is 12.8. The third kappa shape index (κ3) is 4.15. The highest BCUT2D eigenvalue weighted by atomic mass is 79.9. The highest BCUT2D eigenvalue weighted by molar-refractivity contribution is 9.10. The van der Waals surface area contributed by atoms with E-state index in [0.717, 1.165) is 0 Å². The number of hydrogen-bond acceptors (Lipinski definition) is 6. The van der Waals surface area contributed by atoms with Gasteiger partial charge in [-0.1, -0.05) is 15.9 Å². The van der Waals surface area contributed by atoms with Crippen LogP contribution in [0, 0.1) is 0 Å². The van der Waals surface area contributed by atoms with E-state index in [-0.39, 0.29) is 28.5 Å². The summed E-state index contributed by atoms with van der Waals surface area (Å²) in [5.74, 6) is 0.209. The number of methoxy groups -OCH3 is 2. The SMILES string of the molecule is COCc1cc(=O)oc2cc(NS(=O)(=O)c3cc(Br)ccc3OC)ccc12. The molecule has 0 fully saturated rings. The standard InChI is InChI=1S/C18H16BrNO6S/c1-24-10-11-7-18(21)26-16-9-13(4-5-14(11)16)20-27(22,23)17-8-12(19)3-6-15(17)25-2/h3-9,20H,10H2,1-2H3. The van der Waals surface area contributed by atoms with Crippen LogP contribution in [0.2, 0.25) is 0 Å². The Bertz CT molecular complexity index is 1160. The van der Waals surface area contributed by atoms with Crippen LogP contribution in [-0.4, -0.2) is 22.6 Å². The second kappa shape index (κ2) is 7.71. The number of hydrogen-bond donors (Lipinski definition) is 1. The lowest BCUT2D eigenvalue weighted by atomic mass is 10.1. The summed E-state index contributed by atoms with van der Waals surface area (Å²) in [6.07, 6.45) is 0. The number of ether oxygens (including phenoxy) is 2. The van der Waals surface area contributed by atoms with E-state index >= 15 is 0 Å². The minimum atomic E-state index is -3.93. The van der Waals surface area contributed by atoms with Gasteiger partial charge in [0.15, 0.2) is 0 Å². The molecule has 0 aliphatic carbocycles. The van der Waals surface area contributed by atoms with Crippen molar-refractivity contribution < 1.29 is 22.3 Å². The van der Waals surface area contributed by atoms with Crippen molar-refractivity contribution in [2.45, 2.75) is 11.5 Å². The molecule has 0 aliphatic rings. The molecule has 7 nitrogen and oxygen atoms in total. The van der Waals surface area contributed by atoms with Gasteiger partial charge in [-0.05, 0) is 35.9 Å². The molecule has 0 saturated carbocycles. The molecule has 0 atom stereocenters. The second-order valence-electron chi connectivity index (χ2n) is 5.64. The Morgan fingerprint density at radius 1 is 1.11 bits per heavy atom. The number of fused-ring (bicyclic) bond motifs is 1. The van der Waals surface area contributed by atoms with Gasteiger partial charge < -0.3 is 13.9 Å². The van der Waals surface area contributed by atoms with Gasteiger partial charge in [0.05, 0.1) is 19.4 Å². The maximum Gasteiger partial charge on any atom is 0.336 e. The fourth-order valence-corrected chi connectivity index (χ4v) is 4.40. The lowest BCUT2D eigenvalue weighted by Crippen LogP contribution is -2.14. The smallest absolute Gasteiger partial charge is 0.336 e. The fraction of sp³-hybridized carbons (Fsp3) is 0.167. The summed E-state index contributed by atoms with van der Waals surface area (Å²) >= 11 is 3.26. The van der Waals surface area contributed by atoms with E-state index in [1.807, 2.05) is 0 Å². The maximum atomic E-state index is 12.8. The second-order valence-corrected chi connectivity index (χ2v) is 8.20. The quantitative estimate of drug-likeness (QED) is 0.573. The average molecular weight is 454 g/mol. The molecule has 0 spiro atoms. The Balaban J connectivity index is 2.04. The number of anilines is 1. The molecular formula is C18H16BrNO6S. The fourth-order valence-electron chi connectivity index (χ4n) is 2.64. The predicted octanol–water partition coefficient (Wildman–Crippen LogP) is 3.51. The van der Waals surface area contributed by atoms with Crippen molar-refractivity contribution in [3.63, 3.8) is 0 Å². The minimum absolute atomic E-state index is 0.0194. The first-order valence-electron chi connectivity index (χ1n) is 7.76. The molecule has 1 heterocycles. The molecule has 3 aromatic rings. The Labute approximate surface area is 164 Å². The highest BCUT2D eigenvalue weighted by Gasteiger charge is 2.20. The number of rotatable bonds is 6. The van der Waals surface area contributed by atoms with E-state index in [2.05, 4.69) is 20.7 Å². The van der Waals surface area contributed by atoms with E-state index in [0.29, 0.717) is 15.4 Å². The maximum absolute atomic E-state index is 12.8. The van der Waals surface area contributed by atoms with Crippen molar-refractivity contribution >= 4 is 42.6 Å². The number of nitrogens with one attached hydrogen (secondary N) is 1. The normalized spacial score (nSPS) is 11.5. The lowest BCUT2D eigenvalue weighted by molar-refractivity contribution is 0.185. The molecule has 0 bridgehead atoms. The van der Waals surface area contributed by atoms with Crippen molar-refractivity contribution in [2.24, 2.45) is 0 Å². The van der Waals surface area contributed by atoms with Crippen molar-refractivity contribution in [1.29, 1.82) is 0 Å². The van der Waals surface area contributed by atoms with E-state index in [1.54, 1.807) is 24.3 Å². The minimum Gasteiger partial charge on any atom is -0.495 e.